The second-order valence-electron chi connectivity index (χ2n) is 11.1. The molecule has 1 N–H and O–H groups in total. The molecular weight excluding hydrogens is 524 g/mol. The molecule has 9 nitrogen and oxygen atoms in total. The van der Waals surface area contributed by atoms with Crippen LogP contribution in [0.4, 0.5) is 4.79 Å². The van der Waals surface area contributed by atoms with Gasteiger partial charge < -0.3 is 14.7 Å². The summed E-state index contributed by atoms with van der Waals surface area (Å²) in [6.07, 6.45) is 5.98. The number of thiazole rings is 1. The summed E-state index contributed by atoms with van der Waals surface area (Å²) in [6.45, 7) is 6.10. The highest BCUT2D eigenvalue weighted by Gasteiger charge is 2.55. The molecule has 1 aromatic carbocycles. The van der Waals surface area contributed by atoms with E-state index in [-0.39, 0.29) is 17.7 Å². The molecule has 2 saturated heterocycles. The van der Waals surface area contributed by atoms with Gasteiger partial charge in [-0.15, -0.1) is 11.3 Å². The van der Waals surface area contributed by atoms with Crippen molar-refractivity contribution in [3.63, 3.8) is 0 Å². The van der Waals surface area contributed by atoms with Crippen LogP contribution >= 0.6 is 22.9 Å². The lowest BCUT2D eigenvalue weighted by molar-refractivity contribution is -0.0775. The van der Waals surface area contributed by atoms with Crippen LogP contribution in [0.1, 0.15) is 55.6 Å². The second kappa shape index (κ2) is 8.79. The van der Waals surface area contributed by atoms with E-state index in [1.807, 2.05) is 28.7 Å². The van der Waals surface area contributed by atoms with Gasteiger partial charge in [-0.25, -0.2) is 14.5 Å². The summed E-state index contributed by atoms with van der Waals surface area (Å²) in [5, 5.41) is 22.9. The molecule has 1 unspecified atom stereocenters. The molecule has 2 aliphatic heterocycles. The summed E-state index contributed by atoms with van der Waals surface area (Å²) >= 11 is 8.63. The Bertz CT molecular complexity index is 1540. The number of ether oxygens (including phenoxy) is 1. The Kier molecular flexibility index (Phi) is 5.58. The first-order valence-corrected chi connectivity index (χ1v) is 14.4. The van der Waals surface area contributed by atoms with Gasteiger partial charge in [0.25, 0.3) is 0 Å². The Balaban J connectivity index is 1.34. The number of halogens is 1. The van der Waals surface area contributed by atoms with E-state index in [1.165, 1.54) is 4.90 Å². The van der Waals surface area contributed by atoms with Crippen molar-refractivity contribution in [2.75, 3.05) is 19.7 Å². The Morgan fingerprint density at radius 1 is 1.21 bits per heavy atom. The molecule has 5 heterocycles. The molecule has 4 aromatic rings. The molecule has 198 valence electrons. The van der Waals surface area contributed by atoms with Gasteiger partial charge in [0.15, 0.2) is 6.23 Å². The highest BCUT2D eigenvalue weighted by molar-refractivity contribution is 7.07. The van der Waals surface area contributed by atoms with Crippen molar-refractivity contribution >= 4 is 39.9 Å². The van der Waals surface area contributed by atoms with Crippen LogP contribution in [0.3, 0.4) is 0 Å². The van der Waals surface area contributed by atoms with Crippen molar-refractivity contribution in [3.8, 4) is 22.5 Å². The monoisotopic (exact) mass is 552 g/mol. The SMILES string of the molecule is Cc1cc2c(cnn2C2CCCCO2)c(-c2c(-c3cscn3)nn(C3CC4(C3)CN(C(=O)O)C4)c2C)c1Cl. The van der Waals surface area contributed by atoms with Crippen LogP contribution in [0.5, 0.6) is 0 Å². The van der Waals surface area contributed by atoms with E-state index in [2.05, 4.69) is 22.7 Å². The summed E-state index contributed by atoms with van der Waals surface area (Å²) in [5.74, 6) is 0. The van der Waals surface area contributed by atoms with Crippen LogP contribution in [-0.2, 0) is 4.74 Å². The average molecular weight is 553 g/mol. The van der Waals surface area contributed by atoms with E-state index in [1.54, 1.807) is 11.3 Å². The Hall–Kier alpha value is -2.95. The number of rotatable bonds is 4. The summed E-state index contributed by atoms with van der Waals surface area (Å²) < 4.78 is 10.2. The number of fused-ring (bicyclic) bond motifs is 1. The average Bonchev–Trinajstić information content (AvgIpc) is 3.59. The molecular formula is C27H29ClN6O3S. The van der Waals surface area contributed by atoms with Gasteiger partial charge in [0.2, 0.25) is 0 Å². The van der Waals surface area contributed by atoms with Gasteiger partial charge in [-0.1, -0.05) is 11.6 Å². The molecule has 3 aromatic heterocycles. The lowest BCUT2D eigenvalue weighted by Gasteiger charge is -2.58. The summed E-state index contributed by atoms with van der Waals surface area (Å²) in [4.78, 5) is 17.4. The topological polar surface area (TPSA) is 98.3 Å². The van der Waals surface area contributed by atoms with Crippen LogP contribution in [0, 0.1) is 19.3 Å². The van der Waals surface area contributed by atoms with Gasteiger partial charge >= 0.3 is 6.09 Å². The number of benzene rings is 1. The summed E-state index contributed by atoms with van der Waals surface area (Å²) in [5.41, 5.74) is 8.51. The highest BCUT2D eigenvalue weighted by Crippen LogP contribution is 2.55. The maximum absolute atomic E-state index is 11.3. The van der Waals surface area contributed by atoms with Crippen LogP contribution in [0.15, 0.2) is 23.2 Å². The first-order chi connectivity index (χ1) is 18.3. The first-order valence-electron chi connectivity index (χ1n) is 13.1. The standard InChI is InChI=1S/C27H29ClN6O3S/c1-15-7-20-18(10-30-34(20)21-5-3-4-6-37-21)23(24(15)28)22-16(2)33(31-25(22)19-11-38-14-29-19)17-8-27(9-17)12-32(13-27)26(35)36/h7,10-11,14,17,21H,3-6,8-9,12-13H2,1-2H3,(H,35,36). The third-order valence-corrected chi connectivity index (χ3v) is 9.61. The number of likely N-dealkylation sites (tertiary alicyclic amines) is 1. The number of nitrogens with zero attached hydrogens (tertiary/aromatic N) is 6. The van der Waals surface area contributed by atoms with Crippen molar-refractivity contribution in [3.05, 3.63) is 39.4 Å². The van der Waals surface area contributed by atoms with Gasteiger partial charge in [-0.2, -0.15) is 10.2 Å². The van der Waals surface area contributed by atoms with Crippen molar-refractivity contribution in [1.29, 1.82) is 0 Å². The van der Waals surface area contributed by atoms with Gasteiger partial charge in [-0.05, 0) is 57.6 Å². The van der Waals surface area contributed by atoms with Gasteiger partial charge in [-0.3, -0.25) is 4.68 Å². The molecule has 38 heavy (non-hydrogen) atoms. The predicted octanol–water partition coefficient (Wildman–Crippen LogP) is 6.31. The summed E-state index contributed by atoms with van der Waals surface area (Å²) in [7, 11) is 0. The largest absolute Gasteiger partial charge is 0.465 e. The number of carbonyl (C=O) groups is 1. The van der Waals surface area contributed by atoms with Gasteiger partial charge in [0, 0.05) is 52.7 Å². The van der Waals surface area contributed by atoms with E-state index >= 15 is 0 Å². The minimum atomic E-state index is -0.834. The fourth-order valence-corrected chi connectivity index (χ4v) is 7.42. The molecule has 3 aliphatic rings. The molecule has 0 bridgehead atoms. The maximum atomic E-state index is 11.3. The van der Waals surface area contributed by atoms with E-state index in [9.17, 15) is 9.90 Å². The van der Waals surface area contributed by atoms with Crippen molar-refractivity contribution in [2.24, 2.45) is 5.41 Å². The minimum absolute atomic E-state index is 0.0736. The molecule has 11 heteroatoms. The van der Waals surface area contributed by atoms with E-state index in [0.29, 0.717) is 18.1 Å². The van der Waals surface area contributed by atoms with Crippen LogP contribution in [0.25, 0.3) is 33.4 Å². The lowest BCUT2D eigenvalue weighted by Crippen LogP contribution is -2.63. The van der Waals surface area contributed by atoms with Crippen LogP contribution < -0.4 is 0 Å². The molecule has 1 saturated carbocycles. The number of aryl methyl sites for hydroxylation is 1. The number of hydrogen-bond acceptors (Lipinski definition) is 6. The zero-order valence-corrected chi connectivity index (χ0v) is 22.9. The molecule has 1 amide bonds. The molecule has 1 atom stereocenters. The number of amides is 1. The normalized spacial score (nSPS) is 21.1. The lowest BCUT2D eigenvalue weighted by atomic mass is 9.61. The maximum Gasteiger partial charge on any atom is 0.407 e. The Morgan fingerprint density at radius 3 is 2.71 bits per heavy atom. The zero-order chi connectivity index (χ0) is 26.2. The molecule has 3 fully saturated rings. The summed E-state index contributed by atoms with van der Waals surface area (Å²) in [6, 6.07) is 2.32. The second-order valence-corrected chi connectivity index (χ2v) is 12.2. The van der Waals surface area contributed by atoms with Gasteiger partial charge in [0.1, 0.15) is 11.4 Å². The quantitative estimate of drug-likeness (QED) is 0.318. The Labute approximate surface area is 229 Å². The van der Waals surface area contributed by atoms with Crippen molar-refractivity contribution < 1.29 is 14.6 Å². The van der Waals surface area contributed by atoms with Crippen molar-refractivity contribution in [2.45, 2.75) is 58.2 Å². The van der Waals surface area contributed by atoms with Gasteiger partial charge in [0.05, 0.1) is 28.3 Å². The molecule has 1 spiro atoms. The number of carboxylic acid groups (broad SMARTS) is 1. The third-order valence-electron chi connectivity index (χ3n) is 8.53. The van der Waals surface area contributed by atoms with E-state index in [4.69, 9.17) is 26.5 Å². The zero-order valence-electron chi connectivity index (χ0n) is 21.4. The fraction of sp³-hybridized carbons (Fsp3) is 0.481. The first kappa shape index (κ1) is 24.1. The Morgan fingerprint density at radius 2 is 2.03 bits per heavy atom. The highest BCUT2D eigenvalue weighted by atomic mass is 35.5. The van der Waals surface area contributed by atoms with Crippen LogP contribution in [0.2, 0.25) is 5.02 Å². The third kappa shape index (κ3) is 3.60. The molecule has 1 aliphatic carbocycles. The molecule has 0 radical (unpaired) electrons. The predicted molar refractivity (Wildman–Crippen MR) is 146 cm³/mol. The fourth-order valence-electron chi connectivity index (χ4n) is 6.63. The minimum Gasteiger partial charge on any atom is -0.465 e. The van der Waals surface area contributed by atoms with Crippen molar-refractivity contribution in [1.82, 2.24) is 29.4 Å². The van der Waals surface area contributed by atoms with E-state index in [0.717, 1.165) is 83.4 Å². The van der Waals surface area contributed by atoms with Crippen LogP contribution in [-0.4, -0.2) is 60.3 Å². The number of aromatic nitrogens is 5. The smallest absolute Gasteiger partial charge is 0.407 e. The number of hydrogen-bond donors (Lipinski definition) is 1. The molecule has 7 rings (SSSR count). The van der Waals surface area contributed by atoms with E-state index < -0.39 is 6.09 Å².